The van der Waals surface area contributed by atoms with Crippen LogP contribution < -0.4 is 9.80 Å². The number of rotatable bonds is 7. The fourth-order valence-corrected chi connectivity index (χ4v) is 5.34. The molecule has 0 saturated heterocycles. The van der Waals surface area contributed by atoms with Gasteiger partial charge in [-0.1, -0.05) is 97.1 Å². The van der Waals surface area contributed by atoms with E-state index < -0.39 is 0 Å². The Balaban J connectivity index is 1.59. The Kier molecular flexibility index (Phi) is 7.15. The number of benzene rings is 6. The van der Waals surface area contributed by atoms with Crippen molar-refractivity contribution in [3.8, 4) is 11.1 Å². The molecule has 0 amide bonds. The van der Waals surface area contributed by atoms with Gasteiger partial charge in [-0.15, -0.1) is 0 Å². The summed E-state index contributed by atoms with van der Waals surface area (Å²) >= 11 is 0. The Morgan fingerprint density at radius 3 is 1.07 bits per heavy atom. The quantitative estimate of drug-likeness (QED) is 0.208. The zero-order valence-corrected chi connectivity index (χ0v) is 22.9. The second kappa shape index (κ2) is 11.3. The molecule has 0 bridgehead atoms. The zero-order valence-electron chi connectivity index (χ0n) is 22.9. The molecule has 0 fully saturated rings. The fraction of sp³-hybridized carbons (Fsp3) is 0.0526. The molecule has 0 aliphatic carbocycles. The van der Waals surface area contributed by atoms with Crippen molar-refractivity contribution in [2.75, 3.05) is 9.80 Å². The van der Waals surface area contributed by atoms with Crippen LogP contribution in [0.2, 0.25) is 0 Å². The van der Waals surface area contributed by atoms with Crippen LogP contribution in [0.4, 0.5) is 34.1 Å². The molecule has 0 aromatic heterocycles. The van der Waals surface area contributed by atoms with Crippen molar-refractivity contribution >= 4 is 34.1 Å². The molecule has 6 aromatic carbocycles. The Morgan fingerprint density at radius 2 is 0.675 bits per heavy atom. The average molecular weight is 517 g/mol. The molecule has 0 aliphatic rings. The molecule has 2 nitrogen and oxygen atoms in total. The van der Waals surface area contributed by atoms with Crippen LogP contribution in [-0.4, -0.2) is 0 Å². The van der Waals surface area contributed by atoms with Crippen molar-refractivity contribution in [1.29, 1.82) is 0 Å². The van der Waals surface area contributed by atoms with E-state index in [4.69, 9.17) is 0 Å². The molecule has 0 radical (unpaired) electrons. The first-order chi connectivity index (χ1) is 19.7. The minimum atomic E-state index is 1.12. The van der Waals surface area contributed by atoms with E-state index in [1.807, 2.05) is 0 Å². The molecule has 6 rings (SSSR count). The monoisotopic (exact) mass is 516 g/mol. The van der Waals surface area contributed by atoms with Gasteiger partial charge in [-0.3, -0.25) is 0 Å². The van der Waals surface area contributed by atoms with Gasteiger partial charge in [0, 0.05) is 33.9 Å². The standard InChI is InChI=1S/C38H32N2/c1-29-15-13-21-33(27-29)39(31-17-5-3-6-18-31)37-25-11-9-23-35(37)36-24-10-12-26-38(36)40(32-19-7-4-8-20-32)34-22-14-16-30(2)28-34/h3-28H,1-2H3. The summed E-state index contributed by atoms with van der Waals surface area (Å²) in [4.78, 5) is 4.72. The van der Waals surface area contributed by atoms with Gasteiger partial charge in [0.2, 0.25) is 0 Å². The number of para-hydroxylation sites is 4. The Bertz CT molecular complexity index is 1590. The van der Waals surface area contributed by atoms with E-state index in [0.29, 0.717) is 0 Å². The van der Waals surface area contributed by atoms with E-state index in [-0.39, 0.29) is 0 Å². The predicted octanol–water partition coefficient (Wildman–Crippen LogP) is 10.9. The van der Waals surface area contributed by atoms with Crippen molar-refractivity contribution in [1.82, 2.24) is 0 Å². The Hall–Kier alpha value is -5.08. The Morgan fingerprint density at radius 1 is 0.325 bits per heavy atom. The summed E-state index contributed by atoms with van der Waals surface area (Å²) in [5, 5.41) is 0. The van der Waals surface area contributed by atoms with Gasteiger partial charge in [0.15, 0.2) is 0 Å². The summed E-state index contributed by atoms with van der Waals surface area (Å²) in [6, 6.07) is 56.1. The van der Waals surface area contributed by atoms with Gasteiger partial charge in [-0.25, -0.2) is 0 Å². The topological polar surface area (TPSA) is 6.48 Å². The largest absolute Gasteiger partial charge is 0.310 e. The van der Waals surface area contributed by atoms with Gasteiger partial charge in [0.1, 0.15) is 0 Å². The van der Waals surface area contributed by atoms with E-state index in [1.165, 1.54) is 11.1 Å². The lowest BCUT2D eigenvalue weighted by atomic mass is 9.98. The maximum Gasteiger partial charge on any atom is 0.0540 e. The highest BCUT2D eigenvalue weighted by atomic mass is 15.2. The molecule has 2 heteroatoms. The van der Waals surface area contributed by atoms with Crippen LogP contribution in [0.25, 0.3) is 11.1 Å². The van der Waals surface area contributed by atoms with Crippen molar-refractivity contribution in [2.24, 2.45) is 0 Å². The lowest BCUT2D eigenvalue weighted by Crippen LogP contribution is -2.13. The fourth-order valence-electron chi connectivity index (χ4n) is 5.34. The van der Waals surface area contributed by atoms with Crippen molar-refractivity contribution < 1.29 is 0 Å². The van der Waals surface area contributed by atoms with Crippen LogP contribution in [-0.2, 0) is 0 Å². The summed E-state index contributed by atoms with van der Waals surface area (Å²) in [6.07, 6.45) is 0. The van der Waals surface area contributed by atoms with Gasteiger partial charge < -0.3 is 9.80 Å². The number of hydrogen-bond acceptors (Lipinski definition) is 2. The van der Waals surface area contributed by atoms with E-state index in [9.17, 15) is 0 Å². The highest BCUT2D eigenvalue weighted by Crippen LogP contribution is 2.46. The predicted molar refractivity (Wildman–Crippen MR) is 171 cm³/mol. The molecule has 6 aromatic rings. The highest BCUT2D eigenvalue weighted by molar-refractivity contribution is 5.95. The molecular weight excluding hydrogens is 484 g/mol. The summed E-state index contributed by atoms with van der Waals surface area (Å²) in [7, 11) is 0. The molecular formula is C38H32N2. The molecule has 0 spiro atoms. The highest BCUT2D eigenvalue weighted by Gasteiger charge is 2.21. The van der Waals surface area contributed by atoms with Crippen LogP contribution in [0.1, 0.15) is 11.1 Å². The first-order valence-electron chi connectivity index (χ1n) is 13.7. The van der Waals surface area contributed by atoms with Gasteiger partial charge in [0.05, 0.1) is 11.4 Å². The third-order valence-corrected chi connectivity index (χ3v) is 7.13. The lowest BCUT2D eigenvalue weighted by molar-refractivity contribution is 1.25. The third kappa shape index (κ3) is 5.12. The number of anilines is 6. The number of aryl methyl sites for hydroxylation is 2. The summed E-state index contributed by atoms with van der Waals surface area (Å²) in [5.74, 6) is 0. The number of hydrogen-bond donors (Lipinski definition) is 0. The summed E-state index contributed by atoms with van der Waals surface area (Å²) in [5.41, 5.74) is 11.6. The van der Waals surface area contributed by atoms with Crippen molar-refractivity contribution in [2.45, 2.75) is 13.8 Å². The zero-order chi connectivity index (χ0) is 27.3. The molecule has 0 heterocycles. The van der Waals surface area contributed by atoms with Crippen LogP contribution in [0.3, 0.4) is 0 Å². The van der Waals surface area contributed by atoms with E-state index >= 15 is 0 Å². The molecule has 0 atom stereocenters. The van der Waals surface area contributed by atoms with Gasteiger partial charge >= 0.3 is 0 Å². The summed E-state index contributed by atoms with van der Waals surface area (Å²) < 4.78 is 0. The van der Waals surface area contributed by atoms with Crippen molar-refractivity contribution in [3.63, 3.8) is 0 Å². The van der Waals surface area contributed by atoms with Gasteiger partial charge in [-0.2, -0.15) is 0 Å². The first kappa shape index (κ1) is 25.2. The molecule has 0 saturated carbocycles. The Labute approximate surface area is 237 Å². The second-order valence-corrected chi connectivity index (χ2v) is 10.1. The summed E-state index contributed by atoms with van der Waals surface area (Å²) in [6.45, 7) is 4.29. The maximum atomic E-state index is 2.36. The molecule has 0 aliphatic heterocycles. The van der Waals surface area contributed by atoms with E-state index in [2.05, 4.69) is 181 Å². The third-order valence-electron chi connectivity index (χ3n) is 7.13. The molecule has 194 valence electrons. The number of nitrogens with zero attached hydrogens (tertiary/aromatic N) is 2. The van der Waals surface area contributed by atoms with Crippen molar-refractivity contribution in [3.05, 3.63) is 169 Å². The molecule has 40 heavy (non-hydrogen) atoms. The minimum absolute atomic E-state index is 1.12. The van der Waals surface area contributed by atoms with Gasteiger partial charge in [-0.05, 0) is 85.6 Å². The molecule has 0 N–H and O–H groups in total. The van der Waals surface area contributed by atoms with Crippen LogP contribution >= 0.6 is 0 Å². The average Bonchev–Trinajstić information content (AvgIpc) is 2.99. The van der Waals surface area contributed by atoms with Crippen LogP contribution in [0, 0.1) is 13.8 Å². The van der Waals surface area contributed by atoms with E-state index in [1.54, 1.807) is 0 Å². The second-order valence-electron chi connectivity index (χ2n) is 10.1. The first-order valence-corrected chi connectivity index (χ1v) is 13.7. The lowest BCUT2D eigenvalue weighted by Gasteiger charge is -2.31. The smallest absolute Gasteiger partial charge is 0.0540 e. The normalized spacial score (nSPS) is 10.8. The van der Waals surface area contributed by atoms with E-state index in [0.717, 1.165) is 45.3 Å². The minimum Gasteiger partial charge on any atom is -0.310 e. The maximum absolute atomic E-state index is 2.36. The molecule has 0 unspecified atom stereocenters. The van der Waals surface area contributed by atoms with Crippen LogP contribution in [0.5, 0.6) is 0 Å². The SMILES string of the molecule is Cc1cccc(N(c2ccccc2)c2ccccc2-c2ccccc2N(c2ccccc2)c2cccc(C)c2)c1. The van der Waals surface area contributed by atoms with Gasteiger partial charge in [0.25, 0.3) is 0 Å². The van der Waals surface area contributed by atoms with Crippen LogP contribution in [0.15, 0.2) is 158 Å².